The van der Waals surface area contributed by atoms with Crippen LogP contribution < -0.4 is 0 Å². The Kier molecular flexibility index (Phi) is 19.1. The van der Waals surface area contributed by atoms with Crippen molar-refractivity contribution in [3.8, 4) is 0 Å². The van der Waals surface area contributed by atoms with E-state index < -0.39 is 112 Å². The van der Waals surface area contributed by atoms with E-state index in [4.69, 9.17) is 49.4 Å². The molecule has 0 saturated heterocycles. The maximum absolute atomic E-state index is 6.81. The second kappa shape index (κ2) is 18.3. The van der Waals surface area contributed by atoms with Crippen molar-refractivity contribution in [3.05, 3.63) is 0 Å². The lowest BCUT2D eigenvalue weighted by Gasteiger charge is -2.44. The Morgan fingerprint density at radius 1 is 0.212 bits per heavy atom. The zero-order valence-corrected chi connectivity index (χ0v) is 51.4. The van der Waals surface area contributed by atoms with Crippen LogP contribution in [-0.2, 0) is 49.4 Å². The quantitative estimate of drug-likeness (QED) is 0.0859. The monoisotopic (exact) mass is 961 g/mol. The van der Waals surface area contributed by atoms with E-state index in [9.17, 15) is 0 Å². The molecule has 0 bridgehead atoms. The summed E-state index contributed by atoms with van der Waals surface area (Å²) in [5, 5.41) is 0. The van der Waals surface area contributed by atoms with Gasteiger partial charge in [0.2, 0.25) is 0 Å². The van der Waals surface area contributed by atoms with Crippen LogP contribution >= 0.6 is 0 Å². The molecule has 0 spiro atoms. The Bertz CT molecular complexity index is 1140. The molecule has 0 N–H and O–H groups in total. The fraction of sp³-hybridized carbons (Fsp3) is 1.00. The van der Waals surface area contributed by atoms with Crippen LogP contribution in [0.15, 0.2) is 0 Å². The van der Waals surface area contributed by atoms with Gasteiger partial charge in [0.25, 0.3) is 0 Å². The average Bonchev–Trinajstić information content (AvgIpc) is 2.59. The SMILES string of the molecule is C[Si](O[Si](C)(C)C)O[Si](C)(C)O[Si](C)(C)O[Si](C)(C)O[Si](C)(C)O[Si](C)(C)O[Si](C)(C)O[Si](C)(C)O[Si](C)(C)O[Si](C)(C)O[Si](C)(C)O[Si](C)(C)C. The molecule has 0 aromatic rings. The van der Waals surface area contributed by atoms with Crippen molar-refractivity contribution in [2.75, 3.05) is 0 Å². The summed E-state index contributed by atoms with van der Waals surface area (Å²) < 4.78 is 79.8. The van der Waals surface area contributed by atoms with Crippen LogP contribution in [0.25, 0.3) is 0 Å². The lowest BCUT2D eigenvalue weighted by molar-refractivity contribution is 0.253. The van der Waals surface area contributed by atoms with Crippen LogP contribution in [0.1, 0.15) is 0 Å². The lowest BCUT2D eigenvalue weighted by atomic mass is 11.8. The maximum Gasteiger partial charge on any atom is 0.360 e. The van der Waals surface area contributed by atoms with Gasteiger partial charge in [-0.05, 0) is 177 Å². The molecule has 0 rings (SSSR count). The van der Waals surface area contributed by atoms with Gasteiger partial charge in [0.1, 0.15) is 0 Å². The first kappa shape index (κ1) is 54.3. The third-order valence-corrected chi connectivity index (χ3v) is 52.3. The van der Waals surface area contributed by atoms with Crippen molar-refractivity contribution >= 4 is 112 Å². The normalized spacial score (nSPS) is 15.9. The van der Waals surface area contributed by atoms with Crippen molar-refractivity contribution in [1.82, 2.24) is 0 Å². The van der Waals surface area contributed by atoms with Crippen LogP contribution in [0.5, 0.6) is 0 Å². The summed E-state index contributed by atoms with van der Waals surface area (Å²) in [6, 6.07) is 0. The van der Waals surface area contributed by atoms with E-state index in [1.54, 1.807) is 0 Å². The first-order chi connectivity index (χ1) is 22.2. The molecule has 0 heterocycles. The third-order valence-electron chi connectivity index (χ3n) is 5.82. The molecule has 0 saturated carbocycles. The standard InChI is InChI=1S/C27H81O12Si13/c1-40(28-41(2,3)4)29-43(8,9)31-45(12,13)33-47(16,17)35-49(20,21)37-51(24,25)39-52(26,27)38-50(22,23)36-48(18,19)34-46(14,15)32-44(10,11)30-42(5,6)7/h1-27H3. The van der Waals surface area contributed by atoms with Gasteiger partial charge in [0.05, 0.1) is 0 Å². The highest BCUT2D eigenvalue weighted by Gasteiger charge is 2.51. The summed E-state index contributed by atoms with van der Waals surface area (Å²) in [7, 11) is -31.1. The van der Waals surface area contributed by atoms with E-state index in [0.717, 1.165) is 0 Å². The highest BCUT2D eigenvalue weighted by molar-refractivity contribution is 6.93. The van der Waals surface area contributed by atoms with Gasteiger partial charge in [-0.1, -0.05) is 0 Å². The summed E-state index contributed by atoms with van der Waals surface area (Å²) >= 11 is 0. The molecule has 0 fully saturated rings. The summed E-state index contributed by atoms with van der Waals surface area (Å²) in [4.78, 5) is 0. The second-order valence-electron chi connectivity index (χ2n) is 19.9. The molecular formula is C27H81O12Si13. The van der Waals surface area contributed by atoms with E-state index in [1.165, 1.54) is 0 Å². The van der Waals surface area contributed by atoms with E-state index in [1.807, 2.05) is 6.55 Å². The molecule has 0 amide bonds. The first-order valence-corrected chi connectivity index (χ1v) is 55.2. The van der Waals surface area contributed by atoms with Gasteiger partial charge < -0.3 is 49.4 Å². The van der Waals surface area contributed by atoms with Crippen molar-refractivity contribution < 1.29 is 49.4 Å². The number of hydrogen-bond donors (Lipinski definition) is 0. The highest BCUT2D eigenvalue weighted by atomic mass is 28.5. The molecule has 0 atom stereocenters. The highest BCUT2D eigenvalue weighted by Crippen LogP contribution is 2.31. The fourth-order valence-corrected chi connectivity index (χ4v) is 67.8. The second-order valence-corrected chi connectivity index (χ2v) is 67.2. The van der Waals surface area contributed by atoms with Gasteiger partial charge in [0.15, 0.2) is 16.6 Å². The number of rotatable bonds is 24. The summed E-state index contributed by atoms with van der Waals surface area (Å²) in [5.41, 5.74) is 0. The van der Waals surface area contributed by atoms with Crippen molar-refractivity contribution in [3.63, 3.8) is 0 Å². The minimum Gasteiger partial charge on any atom is -0.437 e. The molecule has 12 nitrogen and oxygen atoms in total. The molecule has 1 radical (unpaired) electrons. The smallest absolute Gasteiger partial charge is 0.360 e. The van der Waals surface area contributed by atoms with Crippen molar-refractivity contribution in [1.29, 1.82) is 0 Å². The molecule has 313 valence electrons. The molecule has 0 aliphatic rings. The predicted octanol–water partition coefficient (Wildman–Crippen LogP) is 9.99. The van der Waals surface area contributed by atoms with Crippen LogP contribution in [-0.4, -0.2) is 112 Å². The molecule has 0 aliphatic carbocycles. The Balaban J connectivity index is 5.55. The Hall–Kier alpha value is 2.34. The fourth-order valence-electron chi connectivity index (χ4n) is 7.07. The van der Waals surface area contributed by atoms with E-state index in [0.29, 0.717) is 0 Å². The Labute approximate surface area is 335 Å². The van der Waals surface area contributed by atoms with Crippen LogP contribution in [0.3, 0.4) is 0 Å². The molecule has 0 unspecified atom stereocenters. The molecule has 0 aromatic heterocycles. The van der Waals surface area contributed by atoms with Gasteiger partial charge >= 0.3 is 94.9 Å². The Morgan fingerprint density at radius 2 is 0.385 bits per heavy atom. The largest absolute Gasteiger partial charge is 0.437 e. The molecule has 0 aromatic carbocycles. The summed E-state index contributed by atoms with van der Waals surface area (Å²) in [6.07, 6.45) is 0. The lowest BCUT2D eigenvalue weighted by Crippen LogP contribution is -2.62. The van der Waals surface area contributed by atoms with Crippen LogP contribution in [0, 0.1) is 0 Å². The maximum atomic E-state index is 6.81. The topological polar surface area (TPSA) is 111 Å². The van der Waals surface area contributed by atoms with Gasteiger partial charge in [-0.2, -0.15) is 0 Å². The molecular weight excluding hydrogens is 881 g/mol. The first-order valence-electron chi connectivity index (χ1n) is 18.4. The molecule has 52 heavy (non-hydrogen) atoms. The predicted molar refractivity (Wildman–Crippen MR) is 246 cm³/mol. The minimum absolute atomic E-state index is 1.42. The van der Waals surface area contributed by atoms with Crippen molar-refractivity contribution in [2.24, 2.45) is 0 Å². The van der Waals surface area contributed by atoms with E-state index in [-0.39, 0.29) is 0 Å². The Morgan fingerprint density at radius 3 is 0.558 bits per heavy atom. The van der Waals surface area contributed by atoms with Gasteiger partial charge in [-0.25, -0.2) is 0 Å². The number of hydrogen-bond acceptors (Lipinski definition) is 12. The molecule has 0 aliphatic heterocycles. The van der Waals surface area contributed by atoms with Gasteiger partial charge in [-0.15, -0.1) is 0 Å². The van der Waals surface area contributed by atoms with Gasteiger partial charge in [0, 0.05) is 0 Å². The van der Waals surface area contributed by atoms with Crippen LogP contribution in [0.4, 0.5) is 0 Å². The minimum atomic E-state index is -2.72. The molecule has 25 heteroatoms. The summed E-state index contributed by atoms with van der Waals surface area (Å²) in [5.74, 6) is 0. The van der Waals surface area contributed by atoms with Crippen LogP contribution in [0.2, 0.25) is 177 Å². The zero-order valence-electron chi connectivity index (χ0n) is 38.4. The van der Waals surface area contributed by atoms with Crippen molar-refractivity contribution in [2.45, 2.75) is 177 Å². The van der Waals surface area contributed by atoms with E-state index in [2.05, 4.69) is 170 Å². The average molecular weight is 963 g/mol. The summed E-state index contributed by atoms with van der Waals surface area (Å²) in [6.45, 7) is 56.6. The third kappa shape index (κ3) is 26.4. The van der Waals surface area contributed by atoms with Gasteiger partial charge in [-0.3, -0.25) is 0 Å². The van der Waals surface area contributed by atoms with E-state index >= 15 is 0 Å². The zero-order chi connectivity index (χ0) is 42.1.